The van der Waals surface area contributed by atoms with Crippen LogP contribution in [0.25, 0.3) is 32.8 Å². The third-order valence-electron chi connectivity index (χ3n) is 10.1. The van der Waals surface area contributed by atoms with Crippen molar-refractivity contribution in [3.63, 3.8) is 0 Å². The number of fused-ring (bicyclic) bond motifs is 5. The monoisotopic (exact) mass is 633 g/mol. The summed E-state index contributed by atoms with van der Waals surface area (Å²) in [4.78, 5) is 13.6. The summed E-state index contributed by atoms with van der Waals surface area (Å²) in [6, 6.07) is 7.62. The lowest BCUT2D eigenvalue weighted by molar-refractivity contribution is 0.107. The van der Waals surface area contributed by atoms with E-state index in [-0.39, 0.29) is 63.1 Å². The minimum atomic E-state index is -0.921. The summed E-state index contributed by atoms with van der Waals surface area (Å²) < 4.78 is 52.5. The molecule has 0 radical (unpaired) electrons. The van der Waals surface area contributed by atoms with Gasteiger partial charge in [0.15, 0.2) is 5.82 Å². The average Bonchev–Trinajstić information content (AvgIpc) is 3.66. The first kappa shape index (κ1) is 28.7. The number of alkyl halides is 1. The molecule has 4 atom stereocenters. The molecule has 0 saturated carbocycles. The quantitative estimate of drug-likeness (QED) is 0.263. The van der Waals surface area contributed by atoms with Crippen molar-refractivity contribution in [2.75, 3.05) is 37.7 Å². The minimum absolute atomic E-state index is 0.00443. The number of nitrogens with zero attached hydrogens (tertiary/aromatic N) is 4. The number of ether oxygens (including phenoxy) is 1. The van der Waals surface area contributed by atoms with Crippen LogP contribution in [0.15, 0.2) is 30.3 Å². The van der Waals surface area contributed by atoms with Gasteiger partial charge in [-0.3, -0.25) is 4.90 Å². The Bertz CT molecular complexity index is 1910. The first-order valence-electron chi connectivity index (χ1n) is 15.4. The molecule has 0 spiro atoms. The van der Waals surface area contributed by atoms with Gasteiger partial charge < -0.3 is 20.1 Å². The van der Waals surface area contributed by atoms with E-state index in [2.05, 4.69) is 26.0 Å². The number of halogens is 4. The van der Waals surface area contributed by atoms with Crippen molar-refractivity contribution in [2.24, 2.45) is 0 Å². The van der Waals surface area contributed by atoms with Gasteiger partial charge in [-0.05, 0) is 67.4 Å². The Labute approximate surface area is 263 Å². The molecule has 4 aromatic rings. The van der Waals surface area contributed by atoms with Crippen LogP contribution in [0.2, 0.25) is 5.02 Å². The van der Waals surface area contributed by atoms with Crippen molar-refractivity contribution in [1.29, 1.82) is 0 Å². The molecule has 11 heteroatoms. The molecule has 3 aromatic carbocycles. The Morgan fingerprint density at radius 2 is 1.93 bits per heavy atom. The maximum Gasteiger partial charge on any atom is 0.319 e. The molecular weight excluding hydrogens is 603 g/mol. The second-order valence-corrected chi connectivity index (χ2v) is 13.2. The van der Waals surface area contributed by atoms with Crippen molar-refractivity contribution in [3.8, 4) is 35.2 Å². The van der Waals surface area contributed by atoms with Gasteiger partial charge >= 0.3 is 6.01 Å². The van der Waals surface area contributed by atoms with Gasteiger partial charge in [0.2, 0.25) is 0 Å². The topological polar surface area (TPSA) is 73.8 Å². The Morgan fingerprint density at radius 1 is 1.13 bits per heavy atom. The Morgan fingerprint density at radius 3 is 2.71 bits per heavy atom. The van der Waals surface area contributed by atoms with E-state index in [9.17, 15) is 13.9 Å². The summed E-state index contributed by atoms with van der Waals surface area (Å²) in [6.07, 6.45) is 8.99. The molecule has 45 heavy (non-hydrogen) atoms. The lowest BCUT2D eigenvalue weighted by Crippen LogP contribution is -2.51. The number of rotatable bonds is 5. The SMILES string of the molecule is C#Cc1c(F)ccc2cc(O)cc(-c3c(Cl)cc4c(N5CC6CCC(C5)N6)nc(OC[C@@]56CCCN5C[C@H](F)C6)nc4c3F)c12. The highest BCUT2D eigenvalue weighted by Gasteiger charge is 2.49. The van der Waals surface area contributed by atoms with Crippen LogP contribution in [0, 0.1) is 24.0 Å². The molecule has 5 heterocycles. The van der Waals surface area contributed by atoms with Crippen LogP contribution in [-0.2, 0) is 0 Å². The largest absolute Gasteiger partial charge is 0.508 e. The van der Waals surface area contributed by atoms with Gasteiger partial charge in [-0.15, -0.1) is 6.42 Å². The molecule has 232 valence electrons. The van der Waals surface area contributed by atoms with Gasteiger partial charge in [-0.1, -0.05) is 23.6 Å². The number of piperazine rings is 1. The first-order chi connectivity index (χ1) is 21.7. The fraction of sp³-hybridized carbons (Fsp3) is 0.412. The van der Waals surface area contributed by atoms with Gasteiger partial charge in [0.25, 0.3) is 0 Å². The number of hydrogen-bond donors (Lipinski definition) is 2. The van der Waals surface area contributed by atoms with Gasteiger partial charge in [0.1, 0.15) is 35.7 Å². The second-order valence-electron chi connectivity index (χ2n) is 12.8. The standard InChI is InChI=1S/C34H31ClF3N5O2/c1-2-23-27(37)7-4-18-10-22(44)11-24(28(18)23)29-26(35)12-25-31(30(29)38)40-33(41-32(25)42-15-20-5-6-21(16-42)39-20)45-17-34-8-3-9-43(34)14-19(36)13-34/h1,4,7,10-12,19-21,39,44H,3,5-6,8-9,13-17H2/t19-,20?,21?,34+/m1/s1. The molecule has 2 unspecified atom stereocenters. The molecule has 4 aliphatic heterocycles. The summed E-state index contributed by atoms with van der Waals surface area (Å²) in [6.45, 7) is 2.73. The number of benzene rings is 3. The second kappa shape index (κ2) is 10.6. The smallest absolute Gasteiger partial charge is 0.319 e. The van der Waals surface area contributed by atoms with E-state index in [1.165, 1.54) is 24.3 Å². The van der Waals surface area contributed by atoms with E-state index in [1.54, 1.807) is 6.07 Å². The van der Waals surface area contributed by atoms with Crippen molar-refractivity contribution < 1.29 is 23.0 Å². The normalized spacial score (nSPS) is 26.1. The van der Waals surface area contributed by atoms with Crippen molar-refractivity contribution >= 4 is 39.1 Å². The van der Waals surface area contributed by atoms with Crippen molar-refractivity contribution in [3.05, 3.63) is 52.6 Å². The van der Waals surface area contributed by atoms with Gasteiger partial charge in [-0.2, -0.15) is 9.97 Å². The van der Waals surface area contributed by atoms with Crippen LogP contribution in [0.5, 0.6) is 11.8 Å². The highest BCUT2D eigenvalue weighted by Crippen LogP contribution is 2.45. The Balaban J connectivity index is 1.30. The molecule has 7 nitrogen and oxygen atoms in total. The number of aromatic nitrogens is 2. The fourth-order valence-electron chi connectivity index (χ4n) is 8.09. The Kier molecular flexibility index (Phi) is 6.79. The van der Waals surface area contributed by atoms with Crippen LogP contribution < -0.4 is 15.0 Å². The Hall–Kier alpha value is -3.78. The molecule has 2 N–H and O–H groups in total. The van der Waals surface area contributed by atoms with E-state index >= 15 is 4.39 Å². The molecular formula is C34H31ClF3N5O2. The molecule has 2 bridgehead atoms. The maximum atomic E-state index is 17.0. The van der Waals surface area contributed by atoms with Gasteiger partial charge in [0, 0.05) is 54.5 Å². The number of anilines is 1. The third kappa shape index (κ3) is 4.67. The molecule has 8 rings (SSSR count). The number of nitrogens with one attached hydrogen (secondary N) is 1. The lowest BCUT2D eigenvalue weighted by Gasteiger charge is -2.34. The van der Waals surface area contributed by atoms with Crippen LogP contribution in [-0.4, -0.2) is 76.6 Å². The minimum Gasteiger partial charge on any atom is -0.508 e. The van der Waals surface area contributed by atoms with Crippen LogP contribution >= 0.6 is 11.6 Å². The number of phenolic OH excluding ortho intramolecular Hbond substituents is 1. The summed E-state index contributed by atoms with van der Waals surface area (Å²) >= 11 is 6.85. The zero-order valence-corrected chi connectivity index (χ0v) is 25.2. The number of phenols is 1. The molecule has 4 fully saturated rings. The van der Waals surface area contributed by atoms with E-state index in [4.69, 9.17) is 27.7 Å². The summed E-state index contributed by atoms with van der Waals surface area (Å²) in [5, 5.41) is 15.3. The first-order valence-corrected chi connectivity index (χ1v) is 15.8. The third-order valence-corrected chi connectivity index (χ3v) is 10.4. The average molecular weight is 634 g/mol. The van der Waals surface area contributed by atoms with Crippen molar-refractivity contribution in [1.82, 2.24) is 20.2 Å². The van der Waals surface area contributed by atoms with Crippen LogP contribution in [0.1, 0.15) is 37.7 Å². The van der Waals surface area contributed by atoms with Crippen LogP contribution in [0.3, 0.4) is 0 Å². The summed E-state index contributed by atoms with van der Waals surface area (Å²) in [5.74, 6) is 1.30. The van der Waals surface area contributed by atoms with E-state index < -0.39 is 23.3 Å². The molecule has 1 aromatic heterocycles. The van der Waals surface area contributed by atoms with E-state index in [0.717, 1.165) is 32.2 Å². The lowest BCUT2D eigenvalue weighted by atomic mass is 9.93. The van der Waals surface area contributed by atoms with Gasteiger partial charge in [-0.25, -0.2) is 13.2 Å². The van der Waals surface area contributed by atoms with Crippen molar-refractivity contribution in [2.45, 2.75) is 55.9 Å². The highest BCUT2D eigenvalue weighted by atomic mass is 35.5. The maximum absolute atomic E-state index is 17.0. The zero-order valence-electron chi connectivity index (χ0n) is 24.4. The van der Waals surface area contributed by atoms with E-state index in [1.807, 2.05) is 0 Å². The van der Waals surface area contributed by atoms with E-state index in [0.29, 0.717) is 42.6 Å². The van der Waals surface area contributed by atoms with Gasteiger partial charge in [0.05, 0.1) is 16.1 Å². The highest BCUT2D eigenvalue weighted by molar-refractivity contribution is 6.35. The molecule has 4 saturated heterocycles. The predicted octanol–water partition coefficient (Wildman–Crippen LogP) is 5.96. The molecule has 0 amide bonds. The summed E-state index contributed by atoms with van der Waals surface area (Å²) in [5.41, 5.74) is -0.452. The predicted molar refractivity (Wildman–Crippen MR) is 168 cm³/mol. The number of terminal acetylenes is 1. The summed E-state index contributed by atoms with van der Waals surface area (Å²) in [7, 11) is 0. The fourth-order valence-corrected chi connectivity index (χ4v) is 8.39. The molecule has 4 aliphatic rings. The molecule has 0 aliphatic carbocycles. The zero-order chi connectivity index (χ0) is 31.0. The van der Waals surface area contributed by atoms with Crippen LogP contribution in [0.4, 0.5) is 19.0 Å². The number of aromatic hydroxyl groups is 1. The number of hydrogen-bond acceptors (Lipinski definition) is 7.